The zero-order valence-electron chi connectivity index (χ0n) is 19.2. The van der Waals surface area contributed by atoms with E-state index in [9.17, 15) is 14.4 Å². The normalized spacial score (nSPS) is 15.5. The standard InChI is InChI=1S/C24H24N2O7S/c1-5-32-19-12-15(6-11-18(19)33-14-21(27)30-3)13-20-22(28)26(2)24(34-20)25-17-9-7-16(8-10-17)23(29)31-4/h6-13H,5,14H2,1-4H3/b20-13-,25-24?. The number of amides is 1. The lowest BCUT2D eigenvalue weighted by Gasteiger charge is -2.12. The molecule has 2 aromatic rings. The van der Waals surface area contributed by atoms with Gasteiger partial charge in [0.05, 0.1) is 37.0 Å². The van der Waals surface area contributed by atoms with Crippen LogP contribution in [0.2, 0.25) is 0 Å². The molecule has 2 aromatic carbocycles. The van der Waals surface area contributed by atoms with E-state index in [2.05, 4.69) is 9.73 Å². The molecule has 3 rings (SSSR count). The first-order valence-electron chi connectivity index (χ1n) is 10.3. The van der Waals surface area contributed by atoms with E-state index in [0.29, 0.717) is 39.4 Å². The number of ether oxygens (including phenoxy) is 4. The van der Waals surface area contributed by atoms with Crippen LogP contribution >= 0.6 is 11.8 Å². The molecule has 1 fully saturated rings. The van der Waals surface area contributed by atoms with Gasteiger partial charge in [-0.15, -0.1) is 0 Å². The van der Waals surface area contributed by atoms with Crippen molar-refractivity contribution in [1.29, 1.82) is 0 Å². The molecule has 0 N–H and O–H groups in total. The van der Waals surface area contributed by atoms with Gasteiger partial charge >= 0.3 is 11.9 Å². The molecular formula is C24H24N2O7S. The maximum absolute atomic E-state index is 12.8. The number of thioether (sulfide) groups is 1. The number of amidine groups is 1. The number of carbonyl (C=O) groups is 3. The first-order valence-corrected chi connectivity index (χ1v) is 11.1. The number of nitrogens with zero attached hydrogens (tertiary/aromatic N) is 2. The van der Waals surface area contributed by atoms with Gasteiger partial charge < -0.3 is 18.9 Å². The minimum absolute atomic E-state index is 0.195. The van der Waals surface area contributed by atoms with E-state index in [4.69, 9.17) is 14.2 Å². The van der Waals surface area contributed by atoms with Gasteiger partial charge in [-0.3, -0.25) is 9.69 Å². The molecule has 0 radical (unpaired) electrons. The molecular weight excluding hydrogens is 460 g/mol. The van der Waals surface area contributed by atoms with E-state index in [1.54, 1.807) is 55.6 Å². The molecule has 178 valence electrons. The molecule has 1 heterocycles. The third-order valence-corrected chi connectivity index (χ3v) is 5.72. The van der Waals surface area contributed by atoms with Gasteiger partial charge in [0, 0.05) is 7.05 Å². The number of likely N-dealkylation sites (N-methyl/N-ethyl adjacent to an activating group) is 1. The summed E-state index contributed by atoms with van der Waals surface area (Å²) in [5.74, 6) is -0.283. The number of aliphatic imine (C=N–C) groups is 1. The number of methoxy groups -OCH3 is 2. The van der Waals surface area contributed by atoms with Crippen LogP contribution in [0.15, 0.2) is 52.4 Å². The maximum atomic E-state index is 12.8. The Hall–Kier alpha value is -3.79. The Morgan fingerprint density at radius 2 is 1.76 bits per heavy atom. The van der Waals surface area contributed by atoms with Crippen molar-refractivity contribution in [3.05, 3.63) is 58.5 Å². The largest absolute Gasteiger partial charge is 0.490 e. The monoisotopic (exact) mass is 484 g/mol. The van der Waals surface area contributed by atoms with Crippen LogP contribution in [0, 0.1) is 0 Å². The summed E-state index contributed by atoms with van der Waals surface area (Å²) in [4.78, 5) is 42.2. The van der Waals surface area contributed by atoms with E-state index in [1.165, 1.54) is 30.9 Å². The van der Waals surface area contributed by atoms with E-state index in [0.717, 1.165) is 5.56 Å². The van der Waals surface area contributed by atoms with Gasteiger partial charge in [0.2, 0.25) is 0 Å². The molecule has 0 aliphatic carbocycles. The fourth-order valence-electron chi connectivity index (χ4n) is 2.90. The summed E-state index contributed by atoms with van der Waals surface area (Å²) >= 11 is 1.23. The summed E-state index contributed by atoms with van der Waals surface area (Å²) < 4.78 is 20.4. The topological polar surface area (TPSA) is 104 Å². The molecule has 1 aliphatic rings. The Morgan fingerprint density at radius 1 is 1.03 bits per heavy atom. The van der Waals surface area contributed by atoms with Gasteiger partial charge in [0.1, 0.15) is 0 Å². The minimum atomic E-state index is -0.503. The number of carbonyl (C=O) groups excluding carboxylic acids is 3. The van der Waals surface area contributed by atoms with E-state index in [1.807, 2.05) is 6.92 Å². The number of rotatable bonds is 8. The molecule has 34 heavy (non-hydrogen) atoms. The van der Waals surface area contributed by atoms with Crippen molar-refractivity contribution in [1.82, 2.24) is 4.90 Å². The smallest absolute Gasteiger partial charge is 0.343 e. The van der Waals surface area contributed by atoms with Crippen molar-refractivity contribution < 1.29 is 33.3 Å². The fourth-order valence-corrected chi connectivity index (χ4v) is 3.89. The fraction of sp³-hybridized carbons (Fsp3) is 0.250. The third-order valence-electron chi connectivity index (χ3n) is 4.66. The molecule has 0 spiro atoms. The van der Waals surface area contributed by atoms with Crippen LogP contribution in [0.3, 0.4) is 0 Å². The molecule has 0 atom stereocenters. The lowest BCUT2D eigenvalue weighted by atomic mass is 10.2. The molecule has 9 nitrogen and oxygen atoms in total. The van der Waals surface area contributed by atoms with Crippen molar-refractivity contribution in [2.45, 2.75) is 6.92 Å². The minimum Gasteiger partial charge on any atom is -0.490 e. The lowest BCUT2D eigenvalue weighted by molar-refractivity contribution is -0.142. The molecule has 1 saturated heterocycles. The van der Waals surface area contributed by atoms with Crippen molar-refractivity contribution in [3.63, 3.8) is 0 Å². The summed E-state index contributed by atoms with van der Waals surface area (Å²) in [7, 11) is 4.25. The van der Waals surface area contributed by atoms with Crippen LogP contribution in [-0.4, -0.2) is 62.4 Å². The predicted octanol–water partition coefficient (Wildman–Crippen LogP) is 3.66. The number of esters is 2. The van der Waals surface area contributed by atoms with Crippen LogP contribution in [-0.2, 0) is 19.1 Å². The highest BCUT2D eigenvalue weighted by Gasteiger charge is 2.30. The molecule has 0 aromatic heterocycles. The van der Waals surface area contributed by atoms with Crippen LogP contribution in [0.4, 0.5) is 5.69 Å². The van der Waals surface area contributed by atoms with Crippen molar-refractivity contribution >= 4 is 46.5 Å². The second kappa shape index (κ2) is 11.4. The Kier molecular flexibility index (Phi) is 8.31. The Labute approximate surface area is 201 Å². The summed E-state index contributed by atoms with van der Waals surface area (Å²) in [6.45, 7) is 1.99. The van der Waals surface area contributed by atoms with Gasteiger partial charge in [0.25, 0.3) is 5.91 Å². The van der Waals surface area contributed by atoms with Gasteiger partial charge in [0.15, 0.2) is 23.3 Å². The Balaban J connectivity index is 1.81. The molecule has 0 bridgehead atoms. The van der Waals surface area contributed by atoms with E-state index in [-0.39, 0.29) is 12.5 Å². The highest BCUT2D eigenvalue weighted by atomic mass is 32.2. The summed E-state index contributed by atoms with van der Waals surface area (Å²) in [5, 5.41) is 0.505. The van der Waals surface area contributed by atoms with Crippen molar-refractivity contribution in [2.75, 3.05) is 34.5 Å². The first-order chi connectivity index (χ1) is 16.4. The second-order valence-corrected chi connectivity index (χ2v) is 7.92. The van der Waals surface area contributed by atoms with Crippen LogP contribution in [0.1, 0.15) is 22.8 Å². The zero-order valence-corrected chi connectivity index (χ0v) is 20.0. The van der Waals surface area contributed by atoms with Crippen LogP contribution in [0.25, 0.3) is 6.08 Å². The Bertz CT molecular complexity index is 1140. The first kappa shape index (κ1) is 24.8. The maximum Gasteiger partial charge on any atom is 0.343 e. The van der Waals surface area contributed by atoms with Gasteiger partial charge in [-0.1, -0.05) is 6.07 Å². The highest BCUT2D eigenvalue weighted by Crippen LogP contribution is 2.35. The summed E-state index contributed by atoms with van der Waals surface area (Å²) in [6.07, 6.45) is 1.74. The van der Waals surface area contributed by atoms with Gasteiger partial charge in [-0.05, 0) is 66.7 Å². The molecule has 0 saturated carbocycles. The van der Waals surface area contributed by atoms with Crippen LogP contribution < -0.4 is 9.47 Å². The van der Waals surface area contributed by atoms with E-state index < -0.39 is 11.9 Å². The summed E-state index contributed by atoms with van der Waals surface area (Å²) in [6, 6.07) is 11.8. The third kappa shape index (κ3) is 5.96. The molecule has 0 unspecified atom stereocenters. The zero-order chi connectivity index (χ0) is 24.7. The quantitative estimate of drug-likeness (QED) is 0.413. The molecule has 10 heteroatoms. The predicted molar refractivity (Wildman–Crippen MR) is 128 cm³/mol. The van der Waals surface area contributed by atoms with Crippen molar-refractivity contribution in [2.24, 2.45) is 4.99 Å². The van der Waals surface area contributed by atoms with Gasteiger partial charge in [-0.2, -0.15) is 0 Å². The van der Waals surface area contributed by atoms with Crippen LogP contribution in [0.5, 0.6) is 11.5 Å². The molecule has 1 aliphatic heterocycles. The lowest BCUT2D eigenvalue weighted by Crippen LogP contribution is -2.23. The number of hydrogen-bond donors (Lipinski definition) is 0. The SMILES string of the molecule is CCOc1cc(/C=C2\SC(=Nc3ccc(C(=O)OC)cc3)N(C)C2=O)ccc1OCC(=O)OC. The molecule has 1 amide bonds. The number of hydrogen-bond acceptors (Lipinski definition) is 9. The Morgan fingerprint density at radius 3 is 2.41 bits per heavy atom. The average Bonchev–Trinajstić information content (AvgIpc) is 3.11. The second-order valence-electron chi connectivity index (χ2n) is 6.91. The van der Waals surface area contributed by atoms with E-state index >= 15 is 0 Å². The summed E-state index contributed by atoms with van der Waals surface area (Å²) in [5.41, 5.74) is 1.74. The van der Waals surface area contributed by atoms with Gasteiger partial charge in [-0.25, -0.2) is 14.6 Å². The average molecular weight is 485 g/mol. The highest BCUT2D eigenvalue weighted by molar-refractivity contribution is 8.18. The van der Waals surface area contributed by atoms with Crippen molar-refractivity contribution in [3.8, 4) is 11.5 Å². The number of benzene rings is 2.